The number of benzene rings is 1. The Morgan fingerprint density at radius 1 is 1.31 bits per heavy atom. The van der Waals surface area contributed by atoms with Crippen molar-refractivity contribution in [1.82, 2.24) is 4.90 Å². The highest BCUT2D eigenvalue weighted by molar-refractivity contribution is 5.83. The quantitative estimate of drug-likeness (QED) is 0.586. The molecule has 0 aliphatic heterocycles. The van der Waals surface area contributed by atoms with Gasteiger partial charge in [0.1, 0.15) is 11.5 Å². The third-order valence-corrected chi connectivity index (χ3v) is 2.14. The number of hydrogen-bond acceptors (Lipinski definition) is 4. The number of phenols is 2. The topological polar surface area (TPSA) is 56.1 Å². The first-order chi connectivity index (χ1) is 7.59. The van der Waals surface area contributed by atoms with Crippen molar-refractivity contribution in [3.8, 4) is 11.5 Å². The normalized spacial score (nSPS) is 11.4. The van der Waals surface area contributed by atoms with Gasteiger partial charge in [-0.25, -0.2) is 0 Å². The summed E-state index contributed by atoms with van der Waals surface area (Å²) in [5.74, 6) is 0.110. The summed E-state index contributed by atoms with van der Waals surface area (Å²) in [6.45, 7) is 1.73. The van der Waals surface area contributed by atoms with Crippen molar-refractivity contribution in [3.63, 3.8) is 0 Å². The minimum Gasteiger partial charge on any atom is -0.508 e. The van der Waals surface area contributed by atoms with Gasteiger partial charge in [-0.05, 0) is 39.2 Å². The van der Waals surface area contributed by atoms with E-state index in [1.54, 1.807) is 12.3 Å². The van der Waals surface area contributed by atoms with Gasteiger partial charge in [-0.3, -0.25) is 4.99 Å². The Labute approximate surface area is 95.9 Å². The van der Waals surface area contributed by atoms with Crippen LogP contribution in [0.25, 0.3) is 0 Å². The molecule has 0 atom stereocenters. The van der Waals surface area contributed by atoms with E-state index in [0.717, 1.165) is 19.5 Å². The lowest BCUT2D eigenvalue weighted by Crippen LogP contribution is -2.13. The van der Waals surface area contributed by atoms with Crippen LogP contribution in [-0.4, -0.2) is 48.5 Å². The number of rotatable bonds is 5. The molecular formula is C12H18N2O2. The van der Waals surface area contributed by atoms with E-state index in [-0.39, 0.29) is 11.5 Å². The molecule has 0 saturated heterocycles. The lowest BCUT2D eigenvalue weighted by molar-refractivity contribution is 0.403. The first kappa shape index (κ1) is 12.5. The van der Waals surface area contributed by atoms with E-state index in [0.29, 0.717) is 5.56 Å². The second-order valence-electron chi connectivity index (χ2n) is 3.94. The van der Waals surface area contributed by atoms with Crippen LogP contribution < -0.4 is 0 Å². The molecule has 0 saturated carbocycles. The molecule has 1 aromatic carbocycles. The smallest absolute Gasteiger partial charge is 0.128 e. The van der Waals surface area contributed by atoms with Gasteiger partial charge in [0.25, 0.3) is 0 Å². The molecule has 16 heavy (non-hydrogen) atoms. The molecule has 2 N–H and O–H groups in total. The van der Waals surface area contributed by atoms with Crippen molar-refractivity contribution < 1.29 is 10.2 Å². The summed E-state index contributed by atoms with van der Waals surface area (Å²) in [5.41, 5.74) is 0.627. The van der Waals surface area contributed by atoms with E-state index >= 15 is 0 Å². The van der Waals surface area contributed by atoms with Crippen LogP contribution in [0.4, 0.5) is 0 Å². The van der Waals surface area contributed by atoms with Gasteiger partial charge in [0.2, 0.25) is 0 Å². The average Bonchev–Trinajstić information content (AvgIpc) is 2.20. The van der Waals surface area contributed by atoms with Gasteiger partial charge in [0, 0.05) is 24.4 Å². The Morgan fingerprint density at radius 2 is 2.06 bits per heavy atom. The minimum absolute atomic E-state index is 0.0522. The second-order valence-corrected chi connectivity index (χ2v) is 3.94. The Hall–Kier alpha value is -1.55. The van der Waals surface area contributed by atoms with Crippen LogP contribution in [0.5, 0.6) is 11.5 Å². The molecule has 0 spiro atoms. The third-order valence-electron chi connectivity index (χ3n) is 2.14. The molecule has 0 amide bonds. The van der Waals surface area contributed by atoms with Crippen molar-refractivity contribution in [1.29, 1.82) is 0 Å². The molecule has 88 valence electrons. The van der Waals surface area contributed by atoms with Gasteiger partial charge < -0.3 is 15.1 Å². The maximum Gasteiger partial charge on any atom is 0.128 e. The monoisotopic (exact) mass is 222 g/mol. The van der Waals surface area contributed by atoms with E-state index in [9.17, 15) is 5.11 Å². The molecule has 0 aromatic heterocycles. The van der Waals surface area contributed by atoms with E-state index in [4.69, 9.17) is 5.11 Å². The fourth-order valence-electron chi connectivity index (χ4n) is 1.28. The zero-order valence-electron chi connectivity index (χ0n) is 9.72. The van der Waals surface area contributed by atoms with Crippen molar-refractivity contribution in [3.05, 3.63) is 23.8 Å². The maximum atomic E-state index is 9.48. The van der Waals surface area contributed by atoms with Gasteiger partial charge in [0.15, 0.2) is 0 Å². The van der Waals surface area contributed by atoms with Crippen molar-refractivity contribution >= 4 is 6.21 Å². The van der Waals surface area contributed by atoms with Crippen molar-refractivity contribution in [2.75, 3.05) is 27.2 Å². The molecule has 1 rings (SSSR count). The lowest BCUT2D eigenvalue weighted by atomic mass is 10.2. The fourth-order valence-corrected chi connectivity index (χ4v) is 1.28. The van der Waals surface area contributed by atoms with Crippen LogP contribution >= 0.6 is 0 Å². The van der Waals surface area contributed by atoms with Crippen LogP contribution in [-0.2, 0) is 0 Å². The molecule has 1 aromatic rings. The minimum atomic E-state index is 0.0522. The van der Waals surface area contributed by atoms with E-state index in [1.165, 1.54) is 12.1 Å². The summed E-state index contributed by atoms with van der Waals surface area (Å²) < 4.78 is 0. The predicted molar refractivity (Wildman–Crippen MR) is 65.4 cm³/mol. The van der Waals surface area contributed by atoms with Gasteiger partial charge in [0.05, 0.1) is 0 Å². The van der Waals surface area contributed by atoms with Gasteiger partial charge in [-0.15, -0.1) is 0 Å². The van der Waals surface area contributed by atoms with E-state index in [1.807, 2.05) is 14.1 Å². The molecule has 0 aliphatic rings. The average molecular weight is 222 g/mol. The molecule has 0 unspecified atom stereocenters. The fraction of sp³-hybridized carbons (Fsp3) is 0.417. The first-order valence-electron chi connectivity index (χ1n) is 5.26. The Balaban J connectivity index is 2.44. The largest absolute Gasteiger partial charge is 0.508 e. The lowest BCUT2D eigenvalue weighted by Gasteiger charge is -2.06. The van der Waals surface area contributed by atoms with Crippen LogP contribution in [0.3, 0.4) is 0 Å². The molecule has 0 bridgehead atoms. The Morgan fingerprint density at radius 3 is 2.69 bits per heavy atom. The highest BCUT2D eigenvalue weighted by atomic mass is 16.3. The summed E-state index contributed by atoms with van der Waals surface area (Å²) in [5, 5.41) is 18.6. The number of nitrogens with zero attached hydrogens (tertiary/aromatic N) is 2. The van der Waals surface area contributed by atoms with E-state index < -0.39 is 0 Å². The van der Waals surface area contributed by atoms with Crippen molar-refractivity contribution in [2.24, 2.45) is 4.99 Å². The van der Waals surface area contributed by atoms with Crippen LogP contribution in [0, 0.1) is 0 Å². The van der Waals surface area contributed by atoms with Crippen LogP contribution in [0.15, 0.2) is 23.2 Å². The third kappa shape index (κ3) is 4.31. The van der Waals surface area contributed by atoms with Crippen LogP contribution in [0.2, 0.25) is 0 Å². The number of hydrogen-bond donors (Lipinski definition) is 2. The maximum absolute atomic E-state index is 9.48. The molecule has 0 radical (unpaired) electrons. The number of phenolic OH excluding ortho intramolecular Hbond substituents is 2. The molecular weight excluding hydrogens is 204 g/mol. The summed E-state index contributed by atoms with van der Waals surface area (Å²) in [7, 11) is 4.05. The zero-order chi connectivity index (χ0) is 12.0. The van der Waals surface area contributed by atoms with Gasteiger partial charge in [-0.1, -0.05) is 0 Å². The standard InChI is InChI=1S/C12H18N2O2/c1-14(2)7-3-6-13-9-10-4-5-11(15)8-12(10)16/h4-5,8-9,15-16H,3,6-7H2,1-2H3. The summed E-state index contributed by atoms with van der Waals surface area (Å²) >= 11 is 0. The Bertz CT molecular complexity index is 362. The van der Waals surface area contributed by atoms with Gasteiger partial charge in [-0.2, -0.15) is 0 Å². The number of aliphatic imine (C=N–C) groups is 1. The van der Waals surface area contributed by atoms with Crippen LogP contribution in [0.1, 0.15) is 12.0 Å². The number of aromatic hydroxyl groups is 2. The second kappa shape index (κ2) is 6.12. The first-order valence-corrected chi connectivity index (χ1v) is 5.26. The zero-order valence-corrected chi connectivity index (χ0v) is 9.72. The summed E-state index contributed by atoms with van der Waals surface area (Å²) in [4.78, 5) is 6.32. The SMILES string of the molecule is CN(C)CCCN=Cc1ccc(O)cc1O. The Kier molecular flexibility index (Phi) is 4.79. The molecule has 0 heterocycles. The van der Waals surface area contributed by atoms with Crippen molar-refractivity contribution in [2.45, 2.75) is 6.42 Å². The predicted octanol–water partition coefficient (Wildman–Crippen LogP) is 1.47. The highest BCUT2D eigenvalue weighted by Crippen LogP contribution is 2.20. The molecule has 0 aliphatic carbocycles. The highest BCUT2D eigenvalue weighted by Gasteiger charge is 1.98. The van der Waals surface area contributed by atoms with E-state index in [2.05, 4.69) is 9.89 Å². The summed E-state index contributed by atoms with van der Waals surface area (Å²) in [6, 6.07) is 4.47. The molecule has 0 fully saturated rings. The summed E-state index contributed by atoms with van der Waals surface area (Å²) in [6.07, 6.45) is 2.62. The van der Waals surface area contributed by atoms with Gasteiger partial charge >= 0.3 is 0 Å². The molecule has 4 heteroatoms. The molecule has 4 nitrogen and oxygen atoms in total.